The highest BCUT2D eigenvalue weighted by Gasteiger charge is 1.96. The number of hydrogen-bond acceptors (Lipinski definition) is 3. The monoisotopic (exact) mass is 452 g/mol. The molecule has 170 valence electrons. The molecule has 2 aromatic rings. The molecule has 0 saturated carbocycles. The maximum absolute atomic E-state index is 11.1. The van der Waals surface area contributed by atoms with E-state index < -0.39 is 0 Å². The molecule has 2 rings (SSSR count). The van der Waals surface area contributed by atoms with E-state index >= 15 is 0 Å². The SMILES string of the molecule is C.C.Cc1ccc(-c2cc[nH]c(=O)c2)cc1.F.F.F.N#CC#CC#CC#CC#CC#CC=O. The molecule has 1 aromatic carbocycles. The molecule has 1 heterocycles. The molecular weight excluding hydrogens is 429 g/mol. The molecule has 7 heteroatoms. The Hall–Kier alpha value is -5.08. The standard InChI is InChI=1S/C12H11NO.C12HNO.2CH4.3FH/c1-9-2-4-10(5-3-9)11-6-7-13-12(14)8-11;13-11-9-7-5-3-1-2-4-6-8-10-12-14;;;;;/h2-8H,1H3,(H,13,14);12H;2*1H4;3*1H. The molecule has 0 fully saturated rings. The van der Waals surface area contributed by atoms with Gasteiger partial charge in [-0.25, -0.2) is 0 Å². The van der Waals surface area contributed by atoms with E-state index in [1.807, 2.05) is 37.3 Å². The highest BCUT2D eigenvalue weighted by atomic mass is 19.0. The molecule has 0 bridgehead atoms. The molecule has 0 aliphatic rings. The zero-order valence-corrected chi connectivity index (χ0v) is 16.1. The number of hydrogen-bond donors (Lipinski definition) is 1. The Morgan fingerprint density at radius 1 is 0.758 bits per heavy atom. The third-order valence-electron chi connectivity index (χ3n) is 2.85. The summed E-state index contributed by atoms with van der Waals surface area (Å²) in [5.74, 6) is 22.8. The fourth-order valence-electron chi connectivity index (χ4n) is 1.68. The minimum absolute atomic E-state index is 0. The molecule has 0 atom stereocenters. The van der Waals surface area contributed by atoms with Gasteiger partial charge in [-0.15, -0.1) is 0 Å². The molecule has 0 amide bonds. The van der Waals surface area contributed by atoms with Crippen LogP contribution in [0.5, 0.6) is 0 Å². The zero-order valence-electron chi connectivity index (χ0n) is 16.1. The van der Waals surface area contributed by atoms with Crippen LogP contribution in [0.3, 0.4) is 0 Å². The first kappa shape index (κ1) is 38.5. The second kappa shape index (κ2) is 25.0. The number of carbonyl (C=O) groups is 1. The Balaban J connectivity index is -0.000000138. The van der Waals surface area contributed by atoms with Crippen molar-refractivity contribution in [2.45, 2.75) is 21.8 Å². The molecular formula is C26H23F3N2O2. The molecule has 33 heavy (non-hydrogen) atoms. The van der Waals surface area contributed by atoms with Crippen molar-refractivity contribution in [2.24, 2.45) is 0 Å². The molecule has 0 unspecified atom stereocenters. The smallest absolute Gasteiger partial charge is 0.248 e. The number of halogens is 3. The number of carbonyl (C=O) groups excluding carboxylic acids is 1. The summed E-state index contributed by atoms with van der Waals surface area (Å²) in [6.45, 7) is 2.04. The third-order valence-corrected chi connectivity index (χ3v) is 2.85. The molecule has 1 N–H and O–H groups in total. The van der Waals surface area contributed by atoms with Crippen LogP contribution in [0.1, 0.15) is 20.4 Å². The number of aromatic nitrogens is 1. The summed E-state index contributed by atoms with van der Waals surface area (Å²) in [6, 6.07) is 13.2. The van der Waals surface area contributed by atoms with E-state index in [9.17, 15) is 9.59 Å². The van der Waals surface area contributed by atoms with E-state index in [0.29, 0.717) is 6.29 Å². The van der Waals surface area contributed by atoms with Gasteiger partial charge in [-0.1, -0.05) is 44.7 Å². The van der Waals surface area contributed by atoms with Crippen LogP contribution in [0.2, 0.25) is 0 Å². The van der Waals surface area contributed by atoms with Gasteiger partial charge in [0.05, 0.1) is 0 Å². The number of nitrogens with zero attached hydrogens (tertiary/aromatic N) is 1. The zero-order chi connectivity index (χ0) is 20.5. The molecule has 4 nitrogen and oxygen atoms in total. The van der Waals surface area contributed by atoms with Crippen LogP contribution in [0.25, 0.3) is 11.1 Å². The average molecular weight is 452 g/mol. The highest BCUT2D eigenvalue weighted by Crippen LogP contribution is 2.16. The van der Waals surface area contributed by atoms with Gasteiger partial charge in [-0.2, -0.15) is 5.26 Å². The summed E-state index contributed by atoms with van der Waals surface area (Å²) in [5, 5.41) is 8.00. The van der Waals surface area contributed by atoms with E-state index in [4.69, 9.17) is 5.26 Å². The minimum Gasteiger partial charge on any atom is -0.329 e. The first-order chi connectivity index (χ1) is 13.7. The molecule has 0 radical (unpaired) electrons. The highest BCUT2D eigenvalue weighted by molar-refractivity contribution is 5.73. The number of nitriles is 1. The third kappa shape index (κ3) is 18.7. The Morgan fingerprint density at radius 2 is 1.24 bits per heavy atom. The van der Waals surface area contributed by atoms with Gasteiger partial charge >= 0.3 is 0 Å². The van der Waals surface area contributed by atoms with Crippen molar-refractivity contribution in [3.05, 3.63) is 58.5 Å². The first-order valence-electron chi connectivity index (χ1n) is 7.76. The van der Waals surface area contributed by atoms with Crippen molar-refractivity contribution in [3.63, 3.8) is 0 Å². The number of H-pyrrole nitrogens is 1. The fraction of sp³-hybridized carbons (Fsp3) is 0.115. The average Bonchev–Trinajstić information content (AvgIpc) is 2.70. The Kier molecular flexibility index (Phi) is 29.1. The topological polar surface area (TPSA) is 73.7 Å². The lowest BCUT2D eigenvalue weighted by atomic mass is 10.1. The van der Waals surface area contributed by atoms with Gasteiger partial charge in [-0.3, -0.25) is 23.7 Å². The van der Waals surface area contributed by atoms with Gasteiger partial charge in [0.2, 0.25) is 5.56 Å². The van der Waals surface area contributed by atoms with Gasteiger partial charge in [0.15, 0.2) is 12.4 Å². The number of rotatable bonds is 1. The quantitative estimate of drug-likeness (QED) is 0.528. The van der Waals surface area contributed by atoms with Crippen molar-refractivity contribution in [3.8, 4) is 76.4 Å². The van der Waals surface area contributed by atoms with Crippen LogP contribution >= 0.6 is 0 Å². The summed E-state index contributed by atoms with van der Waals surface area (Å²) >= 11 is 0. The molecule has 0 saturated heterocycles. The van der Waals surface area contributed by atoms with Gasteiger partial charge in [0, 0.05) is 41.9 Å². The maximum Gasteiger partial charge on any atom is 0.248 e. The second-order valence-electron chi connectivity index (χ2n) is 4.81. The Labute approximate surface area is 192 Å². The summed E-state index contributed by atoms with van der Waals surface area (Å²) in [6.07, 6.45) is 2.11. The maximum atomic E-state index is 11.1. The van der Waals surface area contributed by atoms with Crippen molar-refractivity contribution < 1.29 is 18.9 Å². The lowest BCUT2D eigenvalue weighted by Crippen LogP contribution is -2.01. The van der Waals surface area contributed by atoms with Crippen molar-refractivity contribution >= 4 is 6.29 Å². The fourth-order valence-corrected chi connectivity index (χ4v) is 1.68. The summed E-state index contributed by atoms with van der Waals surface area (Å²) in [5.41, 5.74) is 3.18. The lowest BCUT2D eigenvalue weighted by molar-refractivity contribution is -0.103. The van der Waals surface area contributed by atoms with Crippen LogP contribution in [-0.2, 0) is 4.79 Å². The summed E-state index contributed by atoms with van der Waals surface area (Å²) in [7, 11) is 0. The van der Waals surface area contributed by atoms with E-state index in [2.05, 4.69) is 64.2 Å². The number of aryl methyl sites for hydroxylation is 1. The predicted octanol–water partition coefficient (Wildman–Crippen LogP) is 3.81. The van der Waals surface area contributed by atoms with Crippen LogP contribution in [0.15, 0.2) is 47.4 Å². The van der Waals surface area contributed by atoms with E-state index in [1.54, 1.807) is 18.3 Å². The normalized spacial score (nSPS) is 5.94. The van der Waals surface area contributed by atoms with Gasteiger partial charge in [0.25, 0.3) is 0 Å². The van der Waals surface area contributed by atoms with Gasteiger partial charge in [0.1, 0.15) is 0 Å². The number of pyridine rings is 1. The molecule has 0 aliphatic heterocycles. The van der Waals surface area contributed by atoms with Gasteiger partial charge < -0.3 is 4.98 Å². The number of aldehydes is 1. The first-order valence-corrected chi connectivity index (χ1v) is 7.76. The van der Waals surface area contributed by atoms with E-state index in [-0.39, 0.29) is 34.5 Å². The number of benzene rings is 1. The number of nitrogens with one attached hydrogen (secondary N) is 1. The lowest BCUT2D eigenvalue weighted by Gasteiger charge is -2.00. The Bertz CT molecular complexity index is 1250. The van der Waals surface area contributed by atoms with Crippen LogP contribution in [-0.4, -0.2) is 11.3 Å². The summed E-state index contributed by atoms with van der Waals surface area (Å²) < 4.78 is 0. The second-order valence-corrected chi connectivity index (χ2v) is 4.81. The van der Waals surface area contributed by atoms with E-state index in [1.165, 1.54) is 5.56 Å². The minimum atomic E-state index is -0.0666. The Morgan fingerprint density at radius 3 is 1.70 bits per heavy atom. The van der Waals surface area contributed by atoms with Crippen LogP contribution < -0.4 is 5.56 Å². The van der Waals surface area contributed by atoms with Crippen LogP contribution in [0.4, 0.5) is 14.1 Å². The summed E-state index contributed by atoms with van der Waals surface area (Å²) in [4.78, 5) is 23.4. The van der Waals surface area contributed by atoms with Crippen molar-refractivity contribution in [1.82, 2.24) is 4.98 Å². The van der Waals surface area contributed by atoms with Crippen molar-refractivity contribution in [2.75, 3.05) is 0 Å². The van der Waals surface area contributed by atoms with Crippen molar-refractivity contribution in [1.29, 1.82) is 5.26 Å². The largest absolute Gasteiger partial charge is 0.329 e. The molecule has 0 aliphatic carbocycles. The molecule has 0 spiro atoms. The van der Waals surface area contributed by atoms with Crippen LogP contribution in [0, 0.1) is 77.5 Å². The van der Waals surface area contributed by atoms with E-state index in [0.717, 1.165) is 11.1 Å². The van der Waals surface area contributed by atoms with Gasteiger partial charge in [-0.05, 0) is 53.7 Å². The number of aromatic amines is 1. The predicted molar refractivity (Wildman–Crippen MR) is 129 cm³/mol. The molecule has 1 aromatic heterocycles.